The molecule has 2 heteroatoms. The summed E-state index contributed by atoms with van der Waals surface area (Å²) in [6.07, 6.45) is 14.3. The van der Waals surface area contributed by atoms with Crippen LogP contribution in [0.5, 0.6) is 0 Å². The molecule has 2 nitrogen and oxygen atoms in total. The van der Waals surface area contributed by atoms with Crippen LogP contribution in [0.1, 0.15) is 92.1 Å². The highest BCUT2D eigenvalue weighted by molar-refractivity contribution is 5.94. The first-order valence-corrected chi connectivity index (χ1v) is 9.55. The first-order valence-electron chi connectivity index (χ1n) is 9.55. The molecule has 1 N–H and O–H groups in total. The van der Waals surface area contributed by atoms with Gasteiger partial charge in [-0.3, -0.25) is 4.79 Å². The molecule has 1 aromatic rings. The third-order valence-corrected chi connectivity index (χ3v) is 5.21. The van der Waals surface area contributed by atoms with E-state index in [0.717, 1.165) is 18.4 Å². The van der Waals surface area contributed by atoms with E-state index in [2.05, 4.69) is 19.2 Å². The van der Waals surface area contributed by atoms with Crippen LogP contribution in [0.2, 0.25) is 0 Å². The maximum Gasteiger partial charge on any atom is 0.251 e. The molecule has 1 aliphatic rings. The Morgan fingerprint density at radius 1 is 0.826 bits per heavy atom. The lowest BCUT2D eigenvalue weighted by atomic mass is 9.97. The Morgan fingerprint density at radius 2 is 1.35 bits per heavy atom. The molecular formula is C21H33NO. The van der Waals surface area contributed by atoms with Crippen LogP contribution >= 0.6 is 0 Å². The number of carbonyl (C=O) groups is 1. The molecule has 23 heavy (non-hydrogen) atoms. The van der Waals surface area contributed by atoms with E-state index in [1.165, 1.54) is 68.9 Å². The summed E-state index contributed by atoms with van der Waals surface area (Å²) in [5.74, 6) is 0.102. The second-order valence-corrected chi connectivity index (χ2v) is 7.23. The molecule has 0 aliphatic heterocycles. The molecule has 128 valence electrons. The van der Waals surface area contributed by atoms with Crippen molar-refractivity contribution >= 4 is 5.91 Å². The van der Waals surface area contributed by atoms with Gasteiger partial charge in [0.1, 0.15) is 0 Å². The average molecular weight is 316 g/mol. The molecule has 0 saturated heterocycles. The van der Waals surface area contributed by atoms with E-state index in [9.17, 15) is 4.79 Å². The molecule has 0 spiro atoms. The highest BCUT2D eigenvalue weighted by Gasteiger charge is 2.14. The maximum atomic E-state index is 12.5. The fourth-order valence-electron chi connectivity index (χ4n) is 3.46. The third-order valence-electron chi connectivity index (χ3n) is 5.21. The number of hydrogen-bond donors (Lipinski definition) is 1. The zero-order valence-corrected chi connectivity index (χ0v) is 15.0. The Balaban J connectivity index is 1.90. The van der Waals surface area contributed by atoms with Gasteiger partial charge in [0.25, 0.3) is 5.91 Å². The molecular weight excluding hydrogens is 282 g/mol. The molecule has 1 fully saturated rings. The Labute approximate surface area is 142 Å². The van der Waals surface area contributed by atoms with Gasteiger partial charge in [-0.2, -0.15) is 0 Å². The standard InChI is InChI=1S/C21H33NO/c1-17-14-15-19(16-18(17)2)21(23)22-20-12-10-8-6-4-3-5-7-9-11-13-20/h14-16,20H,3-13H2,1-2H3,(H,22,23). The van der Waals surface area contributed by atoms with Crippen LogP contribution in [0.3, 0.4) is 0 Å². The molecule has 1 aliphatic carbocycles. The summed E-state index contributed by atoms with van der Waals surface area (Å²) in [6, 6.07) is 6.36. The van der Waals surface area contributed by atoms with Crippen molar-refractivity contribution in [3.8, 4) is 0 Å². The quantitative estimate of drug-likeness (QED) is 0.744. The molecule has 0 bridgehead atoms. The zero-order valence-electron chi connectivity index (χ0n) is 15.0. The summed E-state index contributed by atoms with van der Waals surface area (Å²) in [7, 11) is 0. The van der Waals surface area contributed by atoms with Gasteiger partial charge in [-0.1, -0.05) is 63.9 Å². The predicted octanol–water partition coefficient (Wildman–Crippen LogP) is 5.71. The molecule has 2 rings (SSSR count). The lowest BCUT2D eigenvalue weighted by molar-refractivity contribution is 0.0931. The molecule has 0 aromatic heterocycles. The summed E-state index contributed by atoms with van der Waals surface area (Å²) >= 11 is 0. The monoisotopic (exact) mass is 315 g/mol. The van der Waals surface area contributed by atoms with Crippen molar-refractivity contribution in [3.05, 3.63) is 34.9 Å². The van der Waals surface area contributed by atoms with Gasteiger partial charge < -0.3 is 5.32 Å². The Kier molecular flexibility index (Phi) is 7.64. The molecule has 0 heterocycles. The van der Waals surface area contributed by atoms with Gasteiger partial charge in [0.15, 0.2) is 0 Å². The average Bonchev–Trinajstić information content (AvgIpc) is 2.52. The number of amides is 1. The van der Waals surface area contributed by atoms with Gasteiger partial charge in [-0.15, -0.1) is 0 Å². The Hall–Kier alpha value is -1.31. The third kappa shape index (κ3) is 6.37. The number of rotatable bonds is 2. The summed E-state index contributed by atoms with van der Waals surface area (Å²) in [5, 5.41) is 3.29. The minimum Gasteiger partial charge on any atom is -0.349 e. The van der Waals surface area contributed by atoms with E-state index in [-0.39, 0.29) is 5.91 Å². The largest absolute Gasteiger partial charge is 0.349 e. The number of aryl methyl sites for hydroxylation is 2. The van der Waals surface area contributed by atoms with Crippen molar-refractivity contribution in [2.75, 3.05) is 0 Å². The van der Waals surface area contributed by atoms with Crippen LogP contribution < -0.4 is 5.32 Å². The number of hydrogen-bond acceptors (Lipinski definition) is 1. The first kappa shape index (κ1) is 18.0. The summed E-state index contributed by atoms with van der Waals surface area (Å²) in [6.45, 7) is 4.16. The second-order valence-electron chi connectivity index (χ2n) is 7.23. The molecule has 0 atom stereocenters. The van der Waals surface area contributed by atoms with Crippen molar-refractivity contribution in [2.24, 2.45) is 0 Å². The van der Waals surface area contributed by atoms with Gasteiger partial charge in [-0.25, -0.2) is 0 Å². The highest BCUT2D eigenvalue weighted by Crippen LogP contribution is 2.18. The normalized spacial score (nSPS) is 18.7. The highest BCUT2D eigenvalue weighted by atomic mass is 16.1. The van der Waals surface area contributed by atoms with E-state index in [4.69, 9.17) is 0 Å². The van der Waals surface area contributed by atoms with Crippen molar-refractivity contribution < 1.29 is 4.79 Å². The van der Waals surface area contributed by atoms with Gasteiger partial charge in [0, 0.05) is 11.6 Å². The second kappa shape index (κ2) is 9.75. The van der Waals surface area contributed by atoms with E-state index in [1.54, 1.807) is 0 Å². The summed E-state index contributed by atoms with van der Waals surface area (Å²) < 4.78 is 0. The lowest BCUT2D eigenvalue weighted by Gasteiger charge is -2.20. The lowest BCUT2D eigenvalue weighted by Crippen LogP contribution is -2.35. The van der Waals surface area contributed by atoms with Crippen molar-refractivity contribution in [3.63, 3.8) is 0 Å². The van der Waals surface area contributed by atoms with E-state index >= 15 is 0 Å². The van der Waals surface area contributed by atoms with Crippen LogP contribution in [0.25, 0.3) is 0 Å². The number of carbonyl (C=O) groups excluding carboxylic acids is 1. The minimum absolute atomic E-state index is 0.102. The van der Waals surface area contributed by atoms with Crippen LogP contribution in [0, 0.1) is 13.8 Å². The summed E-state index contributed by atoms with van der Waals surface area (Å²) in [4.78, 5) is 12.5. The maximum absolute atomic E-state index is 12.5. The summed E-state index contributed by atoms with van der Waals surface area (Å²) in [5.41, 5.74) is 3.24. The molecule has 1 aromatic carbocycles. The van der Waals surface area contributed by atoms with Gasteiger partial charge in [0.2, 0.25) is 0 Å². The topological polar surface area (TPSA) is 29.1 Å². The van der Waals surface area contributed by atoms with Gasteiger partial charge in [-0.05, 0) is 49.9 Å². The molecule has 0 radical (unpaired) electrons. The fourth-order valence-corrected chi connectivity index (χ4v) is 3.46. The van der Waals surface area contributed by atoms with Gasteiger partial charge in [0.05, 0.1) is 0 Å². The van der Waals surface area contributed by atoms with E-state index in [1.807, 2.05) is 18.2 Å². The number of benzene rings is 1. The van der Waals surface area contributed by atoms with Gasteiger partial charge >= 0.3 is 0 Å². The van der Waals surface area contributed by atoms with Crippen molar-refractivity contribution in [1.82, 2.24) is 5.32 Å². The first-order chi connectivity index (χ1) is 11.2. The van der Waals surface area contributed by atoms with E-state index < -0.39 is 0 Å². The van der Waals surface area contributed by atoms with Crippen LogP contribution in [-0.4, -0.2) is 11.9 Å². The van der Waals surface area contributed by atoms with Crippen molar-refractivity contribution in [2.45, 2.75) is 90.5 Å². The zero-order chi connectivity index (χ0) is 16.5. The van der Waals surface area contributed by atoms with Crippen LogP contribution in [0.15, 0.2) is 18.2 Å². The number of nitrogens with one attached hydrogen (secondary N) is 1. The molecule has 0 unspecified atom stereocenters. The van der Waals surface area contributed by atoms with E-state index in [0.29, 0.717) is 6.04 Å². The molecule has 1 amide bonds. The SMILES string of the molecule is Cc1ccc(C(=O)NC2CCCCCCCCCCC2)cc1C. The van der Waals surface area contributed by atoms with Crippen LogP contribution in [-0.2, 0) is 0 Å². The Bertz CT molecular complexity index is 483. The van der Waals surface area contributed by atoms with Crippen molar-refractivity contribution in [1.29, 1.82) is 0 Å². The van der Waals surface area contributed by atoms with Crippen LogP contribution in [0.4, 0.5) is 0 Å². The smallest absolute Gasteiger partial charge is 0.251 e. The molecule has 1 saturated carbocycles. The fraction of sp³-hybridized carbons (Fsp3) is 0.667. The minimum atomic E-state index is 0.102. The predicted molar refractivity (Wildman–Crippen MR) is 98.0 cm³/mol. The Morgan fingerprint density at radius 3 is 1.87 bits per heavy atom.